The zero-order valence-electron chi connectivity index (χ0n) is 17.9. The summed E-state index contributed by atoms with van der Waals surface area (Å²) in [6.45, 7) is 5.09. The van der Waals surface area contributed by atoms with Crippen LogP contribution < -0.4 is 10.6 Å². The molecule has 2 unspecified atom stereocenters. The number of tetrazole rings is 1. The SMILES string of the molecule is CCC#N.CNC(=O)C(C)C#N.CNC(=O)C(C)c1nn[nH]n1.[2HH].[2HH].[2H][2H].[2H][2H]. The number of nitrogens with one attached hydrogen (secondary N) is 3. The van der Waals surface area contributed by atoms with Crippen LogP contribution in [0.1, 0.15) is 47.7 Å². The fourth-order valence-electron chi connectivity index (χ4n) is 0.962. The number of hydrogen-bond acceptors (Lipinski definition) is 7. The minimum Gasteiger partial charge on any atom is -0.359 e. The van der Waals surface area contributed by atoms with E-state index in [0.717, 1.165) is 0 Å². The molecule has 0 aliphatic carbocycles. The van der Waals surface area contributed by atoms with Gasteiger partial charge in [-0.2, -0.15) is 15.7 Å². The number of rotatable bonds is 3. The van der Waals surface area contributed by atoms with Gasteiger partial charge in [0.1, 0.15) is 5.92 Å². The highest BCUT2D eigenvalue weighted by atomic mass is 16.2. The second kappa shape index (κ2) is 13.9. The minimum atomic E-state index is -0.528. The van der Waals surface area contributed by atoms with E-state index in [1.165, 1.54) is 7.05 Å². The highest BCUT2D eigenvalue weighted by molar-refractivity contribution is 5.81. The van der Waals surface area contributed by atoms with Crippen LogP contribution in [0.5, 0.6) is 0 Å². The van der Waals surface area contributed by atoms with Gasteiger partial charge in [-0.05, 0) is 13.8 Å². The van der Waals surface area contributed by atoms with Crippen LogP contribution in [0.3, 0.4) is 0 Å². The molecule has 0 spiro atoms. The zero-order chi connectivity index (χ0) is 22.3. The maximum Gasteiger partial charge on any atom is 0.236 e. The number of carbonyl (C=O) groups is 2. The summed E-state index contributed by atoms with van der Waals surface area (Å²) in [4.78, 5) is 21.4. The number of aromatic nitrogens is 4. The Hall–Kier alpha value is -3.01. The summed E-state index contributed by atoms with van der Waals surface area (Å²) in [5.74, 6) is -0.818. The molecule has 10 nitrogen and oxygen atoms in total. The largest absolute Gasteiger partial charge is 0.359 e. The Balaban J connectivity index is -0.0000000655. The third kappa shape index (κ3) is 10.4. The number of hydrogen-bond donors (Lipinski definition) is 3. The van der Waals surface area contributed by atoms with Gasteiger partial charge in [0.25, 0.3) is 0 Å². The zero-order valence-corrected chi connectivity index (χ0v) is 13.9. The average Bonchev–Trinajstić information content (AvgIpc) is 3.29. The van der Waals surface area contributed by atoms with Crippen LogP contribution in [0.15, 0.2) is 0 Å². The molecule has 2 atom stereocenters. The summed E-state index contributed by atoms with van der Waals surface area (Å²) >= 11 is 0. The average molecular weight is 336 g/mol. The van der Waals surface area contributed by atoms with E-state index in [4.69, 9.17) is 16.5 Å². The predicted octanol–water partition coefficient (Wildman–Crippen LogP) is 0.845. The van der Waals surface area contributed by atoms with Crippen molar-refractivity contribution < 1.29 is 18.4 Å². The maximum absolute atomic E-state index is 11.0. The maximum atomic E-state index is 11.0. The van der Waals surface area contributed by atoms with Crippen LogP contribution in [0.25, 0.3) is 0 Å². The molecule has 0 fully saturated rings. The summed E-state index contributed by atoms with van der Waals surface area (Å²) in [5, 5.41) is 33.6. The van der Waals surface area contributed by atoms with Crippen LogP contribution in [0.2, 0.25) is 0 Å². The Labute approximate surface area is 144 Å². The summed E-state index contributed by atoms with van der Waals surface area (Å²) in [7, 11) is 3.08. The van der Waals surface area contributed by atoms with Gasteiger partial charge >= 0.3 is 0 Å². The fraction of sp³-hybridized carbons (Fsp3) is 0.615. The van der Waals surface area contributed by atoms with Crippen molar-refractivity contribution in [3.8, 4) is 12.1 Å². The molecule has 0 bridgehead atoms. The first-order chi connectivity index (χ1) is 12.9. The van der Waals surface area contributed by atoms with Crippen molar-refractivity contribution in [3.63, 3.8) is 0 Å². The van der Waals surface area contributed by atoms with E-state index in [-0.39, 0.29) is 20.6 Å². The molecule has 1 heterocycles. The van der Waals surface area contributed by atoms with Crippen LogP contribution in [0.4, 0.5) is 0 Å². The Morgan fingerprint density at radius 3 is 2.09 bits per heavy atom. The minimum absolute atomic E-state index is 0. The Kier molecular flexibility index (Phi) is 10.9. The summed E-state index contributed by atoms with van der Waals surface area (Å²) < 4.78 is 20.0. The van der Waals surface area contributed by atoms with Gasteiger partial charge in [0.15, 0.2) is 5.82 Å². The highest BCUT2D eigenvalue weighted by Gasteiger charge is 2.17. The molecule has 23 heavy (non-hydrogen) atoms. The highest BCUT2D eigenvalue weighted by Crippen LogP contribution is 2.06. The number of carbonyl (C=O) groups excluding carboxylic acids is 2. The van der Waals surface area contributed by atoms with Crippen molar-refractivity contribution in [1.29, 1.82) is 10.5 Å². The molecule has 1 aromatic rings. The number of amides is 2. The molecule has 1 rings (SSSR count). The second-order valence-corrected chi connectivity index (χ2v) is 4.08. The van der Waals surface area contributed by atoms with Crippen LogP contribution in [-0.4, -0.2) is 46.5 Å². The van der Waals surface area contributed by atoms with Crippen molar-refractivity contribution in [2.75, 3.05) is 14.1 Å². The summed E-state index contributed by atoms with van der Waals surface area (Å²) in [6, 6.07) is 3.73. The van der Waals surface area contributed by atoms with E-state index in [9.17, 15) is 9.59 Å². The second-order valence-electron chi connectivity index (χ2n) is 4.08. The Morgan fingerprint density at radius 1 is 1.30 bits per heavy atom. The van der Waals surface area contributed by atoms with Gasteiger partial charge in [-0.15, -0.1) is 10.2 Å². The van der Waals surface area contributed by atoms with Gasteiger partial charge in [-0.1, -0.05) is 12.1 Å². The molecular weight excluding hydrogens is 300 g/mol. The molecule has 3 N–H and O–H groups in total. The third-order valence-corrected chi connectivity index (χ3v) is 2.38. The quantitative estimate of drug-likeness (QED) is 0.737. The van der Waals surface area contributed by atoms with E-state index in [1.54, 1.807) is 27.0 Å². The molecule has 0 saturated heterocycles. The number of H-pyrrole nitrogens is 1. The molecule has 0 aliphatic rings. The van der Waals surface area contributed by atoms with Gasteiger partial charge in [-0.25, -0.2) is 0 Å². The standard InChI is InChI=1S/C5H9N5O.C5H8N2O.C3H5N.4H2/c1-3(5(11)6-2)4-7-9-10-8-4;1-4(3-6)5(8)7-2;1-2-3-4;;;;/h3H,1-2H3,(H,6,11)(H,7,8,9,10);4H,1-2H3,(H,7,8);2H2,1H3;4*1H/i;;;2*1+1D;2*1+1. The molecule has 0 radical (unpaired) electrons. The molecule has 0 saturated carbocycles. The van der Waals surface area contributed by atoms with Crippen molar-refractivity contribution in [2.24, 2.45) is 5.92 Å². The first-order valence-electron chi connectivity index (χ1n) is 8.82. The first-order valence-corrected chi connectivity index (χ1v) is 6.82. The van der Waals surface area contributed by atoms with Gasteiger partial charge in [0.05, 0.1) is 18.1 Å². The monoisotopic (exact) mass is 336 g/mol. The van der Waals surface area contributed by atoms with E-state index >= 15 is 0 Å². The lowest BCUT2D eigenvalue weighted by Gasteiger charge is -2.02. The lowest BCUT2D eigenvalue weighted by molar-refractivity contribution is -0.123. The molecule has 0 aromatic carbocycles. The fourth-order valence-corrected chi connectivity index (χ4v) is 0.962. The summed E-state index contributed by atoms with van der Waals surface area (Å²) in [6.07, 6.45) is 0.625. The molecule has 10 heteroatoms. The van der Waals surface area contributed by atoms with E-state index in [1.807, 2.05) is 13.0 Å². The molecule has 1 aromatic heterocycles. The third-order valence-electron chi connectivity index (χ3n) is 2.38. The van der Waals surface area contributed by atoms with Gasteiger partial charge in [0, 0.05) is 29.3 Å². The molecular formula is C13H30N8O2. The number of likely N-dealkylation sites (N-methyl/N-ethyl adjacent to an activating group) is 1. The first kappa shape index (κ1) is 18.0. The normalized spacial score (nSPS) is 11.6. The smallest absolute Gasteiger partial charge is 0.236 e. The van der Waals surface area contributed by atoms with E-state index in [0.29, 0.717) is 12.2 Å². The van der Waals surface area contributed by atoms with Crippen LogP contribution in [0, 0.1) is 28.6 Å². The topological polar surface area (TPSA) is 160 Å². The van der Waals surface area contributed by atoms with Crippen molar-refractivity contribution in [3.05, 3.63) is 5.82 Å². The molecule has 134 valence electrons. The molecule has 0 aliphatic heterocycles. The van der Waals surface area contributed by atoms with Gasteiger partial charge in [-0.3, -0.25) is 9.59 Å². The predicted molar refractivity (Wildman–Crippen MR) is 89.9 cm³/mol. The lowest BCUT2D eigenvalue weighted by atomic mass is 10.1. The lowest BCUT2D eigenvalue weighted by Crippen LogP contribution is -2.24. The Bertz CT molecular complexity index is 550. The van der Waals surface area contributed by atoms with Crippen LogP contribution >= 0.6 is 0 Å². The van der Waals surface area contributed by atoms with E-state index in [2.05, 4.69) is 31.3 Å². The van der Waals surface area contributed by atoms with Crippen LogP contribution in [-0.2, 0) is 9.59 Å². The number of nitriles is 2. The van der Waals surface area contributed by atoms with Gasteiger partial charge in [0.2, 0.25) is 11.8 Å². The van der Waals surface area contributed by atoms with Crippen molar-refractivity contribution >= 4 is 11.8 Å². The van der Waals surface area contributed by atoms with Crippen molar-refractivity contribution in [2.45, 2.75) is 33.1 Å². The van der Waals surface area contributed by atoms with E-state index < -0.39 is 5.92 Å². The number of nitrogens with zero attached hydrogens (tertiary/aromatic N) is 5. The number of aromatic amines is 1. The van der Waals surface area contributed by atoms with Crippen molar-refractivity contribution in [1.82, 2.24) is 31.3 Å². The van der Waals surface area contributed by atoms with Gasteiger partial charge < -0.3 is 10.6 Å². The Morgan fingerprint density at radius 2 is 1.83 bits per heavy atom. The molecule has 2 amide bonds. The summed E-state index contributed by atoms with van der Waals surface area (Å²) in [5.41, 5.74) is 0.